The van der Waals surface area contributed by atoms with Crippen molar-refractivity contribution in [3.8, 4) is 0 Å². The predicted octanol–water partition coefficient (Wildman–Crippen LogP) is 2.34. The van der Waals surface area contributed by atoms with E-state index in [1.165, 1.54) is 11.8 Å². The molecule has 8 heteroatoms. The molecule has 2 amide bonds. The standard InChI is InChI=1S/C17H18N4O3S/c1-2-8-25-17-20-14-13(16(24)21-17)11(9-12(22)19-14)15(23)18-10-6-4-3-5-7-10/h3-7,11H,2,8-9H2,1H3,(H,18,23)(H2,19,20,21,22,24)/t11-/m1/s1. The van der Waals surface area contributed by atoms with Gasteiger partial charge in [0, 0.05) is 17.9 Å². The lowest BCUT2D eigenvalue weighted by Gasteiger charge is -2.23. The van der Waals surface area contributed by atoms with Gasteiger partial charge in [0.2, 0.25) is 11.8 Å². The lowest BCUT2D eigenvalue weighted by atomic mass is 9.92. The van der Waals surface area contributed by atoms with Crippen LogP contribution < -0.4 is 16.2 Å². The first-order chi connectivity index (χ1) is 12.1. The predicted molar refractivity (Wildman–Crippen MR) is 96.9 cm³/mol. The fourth-order valence-corrected chi connectivity index (χ4v) is 3.31. The number of carbonyl (C=O) groups is 2. The van der Waals surface area contributed by atoms with Crippen molar-refractivity contribution >= 4 is 35.1 Å². The molecule has 0 unspecified atom stereocenters. The Morgan fingerprint density at radius 1 is 1.32 bits per heavy atom. The molecule has 2 aromatic rings. The maximum atomic E-state index is 12.6. The number of hydrogen-bond acceptors (Lipinski definition) is 5. The molecule has 0 saturated carbocycles. The number of nitrogens with zero attached hydrogens (tertiary/aromatic N) is 1. The van der Waals surface area contributed by atoms with Crippen LogP contribution in [-0.2, 0) is 9.59 Å². The van der Waals surface area contributed by atoms with E-state index in [1.807, 2.05) is 13.0 Å². The van der Waals surface area contributed by atoms with Crippen LogP contribution >= 0.6 is 11.8 Å². The molecule has 0 saturated heterocycles. The van der Waals surface area contributed by atoms with Crippen molar-refractivity contribution in [2.24, 2.45) is 0 Å². The summed E-state index contributed by atoms with van der Waals surface area (Å²) in [7, 11) is 0. The highest BCUT2D eigenvalue weighted by molar-refractivity contribution is 7.99. The summed E-state index contributed by atoms with van der Waals surface area (Å²) in [6.45, 7) is 2.02. The van der Waals surface area contributed by atoms with Crippen LogP contribution in [0.2, 0.25) is 0 Å². The molecule has 0 radical (unpaired) electrons. The van der Waals surface area contributed by atoms with Crippen molar-refractivity contribution in [1.29, 1.82) is 0 Å². The summed E-state index contributed by atoms with van der Waals surface area (Å²) in [5, 5.41) is 5.79. The van der Waals surface area contributed by atoms with Gasteiger partial charge >= 0.3 is 0 Å². The lowest BCUT2D eigenvalue weighted by Crippen LogP contribution is -2.36. The molecule has 0 spiro atoms. The molecule has 25 heavy (non-hydrogen) atoms. The van der Waals surface area contributed by atoms with Gasteiger partial charge in [-0.05, 0) is 18.6 Å². The Labute approximate surface area is 148 Å². The van der Waals surface area contributed by atoms with Crippen molar-refractivity contribution in [2.45, 2.75) is 30.8 Å². The van der Waals surface area contributed by atoms with E-state index >= 15 is 0 Å². The number of rotatable bonds is 5. The number of aromatic nitrogens is 2. The van der Waals surface area contributed by atoms with Gasteiger partial charge in [-0.1, -0.05) is 36.9 Å². The second-order valence-corrected chi connectivity index (χ2v) is 6.73. The van der Waals surface area contributed by atoms with Gasteiger partial charge in [0.15, 0.2) is 5.16 Å². The molecule has 3 rings (SSSR count). The van der Waals surface area contributed by atoms with Crippen LogP contribution in [0.1, 0.15) is 31.2 Å². The van der Waals surface area contributed by atoms with Gasteiger partial charge in [-0.2, -0.15) is 0 Å². The van der Waals surface area contributed by atoms with Crippen LogP contribution in [0, 0.1) is 0 Å². The molecule has 1 aromatic carbocycles. The molecule has 2 heterocycles. The zero-order valence-corrected chi connectivity index (χ0v) is 14.5. The summed E-state index contributed by atoms with van der Waals surface area (Å²) in [5.41, 5.74) is 0.422. The third-order valence-electron chi connectivity index (χ3n) is 3.73. The molecule has 7 nitrogen and oxygen atoms in total. The number of anilines is 2. The molecule has 1 aliphatic heterocycles. The van der Waals surface area contributed by atoms with Crippen LogP contribution in [-0.4, -0.2) is 27.5 Å². The number of nitrogens with one attached hydrogen (secondary N) is 3. The number of amides is 2. The third kappa shape index (κ3) is 3.90. The van der Waals surface area contributed by atoms with Gasteiger partial charge in [-0.15, -0.1) is 0 Å². The number of carbonyl (C=O) groups excluding carboxylic acids is 2. The molecule has 130 valence electrons. The molecule has 0 fully saturated rings. The highest BCUT2D eigenvalue weighted by atomic mass is 32.2. The summed E-state index contributed by atoms with van der Waals surface area (Å²) < 4.78 is 0. The van der Waals surface area contributed by atoms with E-state index in [2.05, 4.69) is 20.6 Å². The normalized spacial score (nSPS) is 16.0. The number of thioether (sulfide) groups is 1. The van der Waals surface area contributed by atoms with Crippen LogP contribution in [0.25, 0.3) is 0 Å². The minimum atomic E-state index is -0.870. The highest BCUT2D eigenvalue weighted by Gasteiger charge is 2.34. The molecular formula is C17H18N4O3S. The smallest absolute Gasteiger partial charge is 0.257 e. The van der Waals surface area contributed by atoms with Crippen LogP contribution in [0.15, 0.2) is 40.3 Å². The van der Waals surface area contributed by atoms with E-state index in [1.54, 1.807) is 24.3 Å². The Hall–Kier alpha value is -2.61. The first kappa shape index (κ1) is 17.2. The van der Waals surface area contributed by atoms with Gasteiger partial charge in [0.1, 0.15) is 5.82 Å². The Morgan fingerprint density at radius 3 is 2.80 bits per heavy atom. The second kappa shape index (κ2) is 7.52. The van der Waals surface area contributed by atoms with Gasteiger partial charge in [0.05, 0.1) is 11.5 Å². The minimum Gasteiger partial charge on any atom is -0.326 e. The first-order valence-electron chi connectivity index (χ1n) is 8.01. The van der Waals surface area contributed by atoms with E-state index in [-0.39, 0.29) is 23.7 Å². The molecule has 0 aliphatic carbocycles. The number of H-pyrrole nitrogens is 1. The van der Waals surface area contributed by atoms with Gasteiger partial charge in [0.25, 0.3) is 5.56 Å². The van der Waals surface area contributed by atoms with Crippen molar-refractivity contribution in [2.75, 3.05) is 16.4 Å². The average molecular weight is 358 g/mol. The number of hydrogen-bond donors (Lipinski definition) is 3. The zero-order valence-electron chi connectivity index (χ0n) is 13.7. The second-order valence-electron chi connectivity index (χ2n) is 5.64. The average Bonchev–Trinajstić information content (AvgIpc) is 2.59. The Bertz CT molecular complexity index is 851. The summed E-state index contributed by atoms with van der Waals surface area (Å²) in [5.74, 6) is -0.626. The van der Waals surface area contributed by atoms with Gasteiger partial charge in [-0.25, -0.2) is 4.98 Å². The van der Waals surface area contributed by atoms with E-state index in [9.17, 15) is 14.4 Å². The number of aromatic amines is 1. The zero-order chi connectivity index (χ0) is 17.8. The maximum absolute atomic E-state index is 12.6. The van der Waals surface area contributed by atoms with Crippen molar-refractivity contribution in [1.82, 2.24) is 9.97 Å². The molecule has 1 aliphatic rings. The molecule has 0 bridgehead atoms. The monoisotopic (exact) mass is 358 g/mol. The molecule has 3 N–H and O–H groups in total. The maximum Gasteiger partial charge on any atom is 0.257 e. The molecule has 1 aromatic heterocycles. The van der Waals surface area contributed by atoms with Crippen LogP contribution in [0.5, 0.6) is 0 Å². The van der Waals surface area contributed by atoms with Crippen molar-refractivity contribution in [3.63, 3.8) is 0 Å². The quantitative estimate of drug-likeness (QED) is 0.562. The van der Waals surface area contributed by atoms with Crippen LogP contribution in [0.3, 0.4) is 0 Å². The first-order valence-corrected chi connectivity index (χ1v) is 8.99. The minimum absolute atomic E-state index is 0.0854. The van der Waals surface area contributed by atoms with Crippen molar-refractivity contribution < 1.29 is 9.59 Å². The molecular weight excluding hydrogens is 340 g/mol. The van der Waals surface area contributed by atoms with E-state index in [4.69, 9.17) is 0 Å². The summed E-state index contributed by atoms with van der Waals surface area (Å²) >= 11 is 1.40. The van der Waals surface area contributed by atoms with E-state index < -0.39 is 17.4 Å². The summed E-state index contributed by atoms with van der Waals surface area (Å²) in [6.07, 6.45) is 0.845. The number of benzene rings is 1. The van der Waals surface area contributed by atoms with Gasteiger partial charge < -0.3 is 15.6 Å². The number of fused-ring (bicyclic) bond motifs is 1. The van der Waals surface area contributed by atoms with Crippen LogP contribution in [0.4, 0.5) is 11.5 Å². The van der Waals surface area contributed by atoms with E-state index in [0.29, 0.717) is 10.8 Å². The molecule has 1 atom stereocenters. The summed E-state index contributed by atoms with van der Waals surface area (Å²) in [6, 6.07) is 8.91. The SMILES string of the molecule is CCCSc1nc2c(c(=O)[nH]1)[C@H](C(=O)Nc1ccccc1)CC(=O)N2. The Balaban J connectivity index is 1.91. The summed E-state index contributed by atoms with van der Waals surface area (Å²) in [4.78, 5) is 44.1. The fourth-order valence-electron chi connectivity index (χ4n) is 2.59. The third-order valence-corrected chi connectivity index (χ3v) is 4.81. The Kier molecular flexibility index (Phi) is 5.18. The lowest BCUT2D eigenvalue weighted by molar-refractivity contribution is -0.123. The fraction of sp³-hybridized carbons (Fsp3) is 0.294. The Morgan fingerprint density at radius 2 is 2.08 bits per heavy atom. The highest BCUT2D eigenvalue weighted by Crippen LogP contribution is 2.30. The van der Waals surface area contributed by atoms with Crippen molar-refractivity contribution in [3.05, 3.63) is 46.2 Å². The van der Waals surface area contributed by atoms with E-state index in [0.717, 1.165) is 12.2 Å². The topological polar surface area (TPSA) is 104 Å². The van der Waals surface area contributed by atoms with Gasteiger partial charge in [-0.3, -0.25) is 14.4 Å². The largest absolute Gasteiger partial charge is 0.326 e. The number of para-hydroxylation sites is 1.